The number of hydrogen-bond acceptors (Lipinski definition) is 4. The highest BCUT2D eigenvalue weighted by atomic mass is 16.5. The summed E-state index contributed by atoms with van der Waals surface area (Å²) in [4.78, 5) is 14.9. The first-order chi connectivity index (χ1) is 10.2. The molecule has 1 amide bonds. The van der Waals surface area contributed by atoms with Crippen molar-refractivity contribution in [3.8, 4) is 5.88 Å². The zero-order chi connectivity index (χ0) is 14.7. The van der Waals surface area contributed by atoms with Gasteiger partial charge in [0.1, 0.15) is 6.10 Å². The summed E-state index contributed by atoms with van der Waals surface area (Å²) < 4.78 is 11.4. The van der Waals surface area contributed by atoms with E-state index in [0.29, 0.717) is 24.6 Å². The van der Waals surface area contributed by atoms with Crippen molar-refractivity contribution < 1.29 is 19.4 Å². The predicted octanol–water partition coefficient (Wildman–Crippen LogP) is 2.15. The molecule has 2 heterocycles. The minimum absolute atomic E-state index is 0.00254. The van der Waals surface area contributed by atoms with Gasteiger partial charge in [0.15, 0.2) is 0 Å². The number of nitrogens with zero attached hydrogens (tertiary/aromatic N) is 1. The molecule has 1 saturated carbocycles. The third-order valence-corrected chi connectivity index (χ3v) is 4.16. The fourth-order valence-electron chi connectivity index (χ4n) is 2.93. The van der Waals surface area contributed by atoms with E-state index in [1.165, 1.54) is 0 Å². The Hall–Kier alpha value is -1.82. The number of carbonyl (C=O) groups is 1. The fraction of sp³-hybridized carbons (Fsp3) is 0.600. The van der Waals surface area contributed by atoms with Gasteiger partial charge in [0.05, 0.1) is 0 Å². The van der Waals surface area contributed by atoms with E-state index < -0.39 is 6.09 Å². The second-order valence-electron chi connectivity index (χ2n) is 5.64. The summed E-state index contributed by atoms with van der Waals surface area (Å²) in [7, 11) is 0. The molecule has 2 N–H and O–H groups in total. The van der Waals surface area contributed by atoms with Crippen molar-refractivity contribution in [1.82, 2.24) is 10.3 Å². The van der Waals surface area contributed by atoms with E-state index in [1.54, 1.807) is 6.20 Å². The van der Waals surface area contributed by atoms with Crippen molar-refractivity contribution in [2.24, 2.45) is 0 Å². The number of carboxylic acid groups (broad SMARTS) is 1. The van der Waals surface area contributed by atoms with Gasteiger partial charge in [0.25, 0.3) is 0 Å². The molecule has 2 aliphatic rings. The standard InChI is InChI=1S/C15H20N2O4/c18-15(19)17-11-8-12(9-11)21-14-13(2-1-5-16-14)10-3-6-20-7-4-10/h1-2,5,10-12,17H,3-4,6-9H2,(H,18,19). The topological polar surface area (TPSA) is 80.7 Å². The molecule has 0 bridgehead atoms. The van der Waals surface area contributed by atoms with Crippen molar-refractivity contribution in [3.05, 3.63) is 23.9 Å². The Balaban J connectivity index is 1.60. The van der Waals surface area contributed by atoms with Crippen LogP contribution in [0.3, 0.4) is 0 Å². The summed E-state index contributed by atoms with van der Waals surface area (Å²) in [6.45, 7) is 1.57. The summed E-state index contributed by atoms with van der Waals surface area (Å²) in [5.74, 6) is 1.14. The number of amides is 1. The van der Waals surface area contributed by atoms with Crippen LogP contribution in [0.2, 0.25) is 0 Å². The van der Waals surface area contributed by atoms with Crippen LogP contribution in [0.1, 0.15) is 37.2 Å². The van der Waals surface area contributed by atoms with Gasteiger partial charge in [-0.1, -0.05) is 6.07 Å². The molecule has 1 aromatic rings. The number of rotatable bonds is 4. The molecule has 6 heteroatoms. The summed E-state index contributed by atoms with van der Waals surface area (Å²) in [5, 5.41) is 11.1. The van der Waals surface area contributed by atoms with Gasteiger partial charge in [0, 0.05) is 43.9 Å². The Morgan fingerprint density at radius 3 is 2.86 bits per heavy atom. The molecule has 0 atom stereocenters. The van der Waals surface area contributed by atoms with Crippen LogP contribution in [-0.4, -0.2) is 41.5 Å². The molecule has 2 fully saturated rings. The van der Waals surface area contributed by atoms with E-state index in [0.717, 1.165) is 31.6 Å². The van der Waals surface area contributed by atoms with Crippen molar-refractivity contribution in [2.45, 2.75) is 43.7 Å². The van der Waals surface area contributed by atoms with Crippen molar-refractivity contribution >= 4 is 6.09 Å². The lowest BCUT2D eigenvalue weighted by Crippen LogP contribution is -2.48. The van der Waals surface area contributed by atoms with Crippen LogP contribution in [-0.2, 0) is 4.74 Å². The Labute approximate surface area is 123 Å². The molecule has 1 aliphatic heterocycles. The molecule has 114 valence electrons. The lowest BCUT2D eigenvalue weighted by molar-refractivity contribution is 0.0710. The maximum absolute atomic E-state index is 10.6. The first kappa shape index (κ1) is 14.1. The summed E-state index contributed by atoms with van der Waals surface area (Å²) in [6.07, 6.45) is 4.22. The lowest BCUT2D eigenvalue weighted by Gasteiger charge is -2.35. The zero-order valence-corrected chi connectivity index (χ0v) is 11.8. The van der Waals surface area contributed by atoms with Crippen molar-refractivity contribution in [3.63, 3.8) is 0 Å². The van der Waals surface area contributed by atoms with E-state index >= 15 is 0 Å². The first-order valence-corrected chi connectivity index (χ1v) is 7.41. The molecular weight excluding hydrogens is 272 g/mol. The monoisotopic (exact) mass is 292 g/mol. The van der Waals surface area contributed by atoms with Crippen LogP contribution in [0.4, 0.5) is 4.79 Å². The highest BCUT2D eigenvalue weighted by Crippen LogP contribution is 2.34. The summed E-state index contributed by atoms with van der Waals surface area (Å²) >= 11 is 0. The third kappa shape index (κ3) is 3.44. The largest absolute Gasteiger partial charge is 0.474 e. The van der Waals surface area contributed by atoms with Gasteiger partial charge in [-0.2, -0.15) is 0 Å². The highest BCUT2D eigenvalue weighted by molar-refractivity contribution is 5.65. The van der Waals surface area contributed by atoms with Crippen molar-refractivity contribution in [2.75, 3.05) is 13.2 Å². The molecule has 1 aliphatic carbocycles. The van der Waals surface area contributed by atoms with Gasteiger partial charge >= 0.3 is 6.09 Å². The molecule has 0 spiro atoms. The van der Waals surface area contributed by atoms with Gasteiger partial charge in [-0.15, -0.1) is 0 Å². The maximum atomic E-state index is 10.6. The van der Waals surface area contributed by atoms with Gasteiger partial charge in [-0.05, 0) is 24.8 Å². The van der Waals surface area contributed by atoms with Crippen LogP contribution < -0.4 is 10.1 Å². The molecule has 0 unspecified atom stereocenters. The minimum Gasteiger partial charge on any atom is -0.474 e. The number of ether oxygens (including phenoxy) is 2. The third-order valence-electron chi connectivity index (χ3n) is 4.16. The molecule has 6 nitrogen and oxygen atoms in total. The average Bonchev–Trinajstić information content (AvgIpc) is 2.46. The Kier molecular flexibility index (Phi) is 4.24. The van der Waals surface area contributed by atoms with Gasteiger partial charge in [-0.3, -0.25) is 0 Å². The van der Waals surface area contributed by atoms with Crippen LogP contribution in [0.5, 0.6) is 5.88 Å². The quantitative estimate of drug-likeness (QED) is 0.888. The van der Waals surface area contributed by atoms with Crippen LogP contribution in [0.25, 0.3) is 0 Å². The van der Waals surface area contributed by atoms with Crippen LogP contribution in [0, 0.1) is 0 Å². The fourth-order valence-corrected chi connectivity index (χ4v) is 2.93. The molecule has 21 heavy (non-hydrogen) atoms. The normalized spacial score (nSPS) is 25.9. The number of aromatic nitrogens is 1. The molecule has 1 aromatic heterocycles. The second-order valence-corrected chi connectivity index (χ2v) is 5.64. The van der Waals surface area contributed by atoms with E-state index in [-0.39, 0.29) is 12.1 Å². The second kappa shape index (κ2) is 6.30. The minimum atomic E-state index is -0.973. The van der Waals surface area contributed by atoms with E-state index in [4.69, 9.17) is 14.6 Å². The number of hydrogen-bond donors (Lipinski definition) is 2. The molecule has 3 rings (SSSR count). The number of pyridine rings is 1. The van der Waals surface area contributed by atoms with Crippen molar-refractivity contribution in [1.29, 1.82) is 0 Å². The van der Waals surface area contributed by atoms with E-state index in [1.807, 2.05) is 6.07 Å². The molecule has 1 saturated heterocycles. The van der Waals surface area contributed by atoms with Gasteiger partial charge < -0.3 is 19.9 Å². The summed E-state index contributed by atoms with van der Waals surface area (Å²) in [6, 6.07) is 4.01. The Morgan fingerprint density at radius 1 is 1.38 bits per heavy atom. The molecule has 0 aromatic carbocycles. The summed E-state index contributed by atoms with van der Waals surface area (Å²) in [5.41, 5.74) is 1.15. The number of nitrogens with one attached hydrogen (secondary N) is 1. The average molecular weight is 292 g/mol. The lowest BCUT2D eigenvalue weighted by atomic mass is 9.89. The Bertz CT molecular complexity index is 496. The smallest absolute Gasteiger partial charge is 0.404 e. The van der Waals surface area contributed by atoms with Crippen LogP contribution in [0.15, 0.2) is 18.3 Å². The Morgan fingerprint density at radius 2 is 2.14 bits per heavy atom. The van der Waals surface area contributed by atoms with Gasteiger partial charge in [-0.25, -0.2) is 9.78 Å². The maximum Gasteiger partial charge on any atom is 0.404 e. The zero-order valence-electron chi connectivity index (χ0n) is 11.8. The van der Waals surface area contributed by atoms with E-state index in [2.05, 4.69) is 16.4 Å². The van der Waals surface area contributed by atoms with Gasteiger partial charge in [0.2, 0.25) is 5.88 Å². The van der Waals surface area contributed by atoms with E-state index in [9.17, 15) is 4.79 Å². The molecule has 0 radical (unpaired) electrons. The first-order valence-electron chi connectivity index (χ1n) is 7.41. The highest BCUT2D eigenvalue weighted by Gasteiger charge is 2.33. The van der Waals surface area contributed by atoms with Crippen LogP contribution >= 0.6 is 0 Å². The predicted molar refractivity (Wildman–Crippen MR) is 75.6 cm³/mol. The molecular formula is C15H20N2O4. The SMILES string of the molecule is O=C(O)NC1CC(Oc2ncccc2C2CCOCC2)C1.